The molecule has 180 valence electrons. The molecule has 1 aliphatic rings. The van der Waals surface area contributed by atoms with E-state index >= 15 is 0 Å². The average Bonchev–Trinajstić information content (AvgIpc) is 3.49. The number of hydrogen-bond acceptors (Lipinski definition) is 6. The molecular weight excluding hydrogens is 449 g/mol. The van der Waals surface area contributed by atoms with Crippen molar-refractivity contribution in [3.63, 3.8) is 0 Å². The lowest BCUT2D eigenvalue weighted by Crippen LogP contribution is -2.42. The van der Waals surface area contributed by atoms with Crippen LogP contribution in [0.5, 0.6) is 5.88 Å². The van der Waals surface area contributed by atoms with Gasteiger partial charge in [0, 0.05) is 35.3 Å². The molecule has 0 aliphatic heterocycles. The number of methoxy groups -OCH3 is 1. The molecule has 2 N–H and O–H groups in total. The van der Waals surface area contributed by atoms with Gasteiger partial charge in [-0.25, -0.2) is 14.5 Å². The Labute approximate surface area is 193 Å². The third-order valence-electron chi connectivity index (χ3n) is 7.04. The zero-order valence-electron chi connectivity index (χ0n) is 18.6. The maximum Gasteiger partial charge on any atom is 0.421 e. The summed E-state index contributed by atoms with van der Waals surface area (Å²) in [5.41, 5.74) is -0.618. The predicted molar refractivity (Wildman–Crippen MR) is 117 cm³/mol. The van der Waals surface area contributed by atoms with Gasteiger partial charge in [0.15, 0.2) is 5.60 Å². The highest BCUT2D eigenvalue weighted by Gasteiger charge is 2.54. The zero-order valence-corrected chi connectivity index (χ0v) is 18.6. The molecule has 8 nitrogen and oxygen atoms in total. The van der Waals surface area contributed by atoms with Crippen LogP contribution in [0.4, 0.5) is 13.2 Å². The summed E-state index contributed by atoms with van der Waals surface area (Å²) in [5, 5.41) is 20.2. The number of rotatable bonds is 6. The number of aromatic amines is 1. The quantitative estimate of drug-likeness (QED) is 0.426. The van der Waals surface area contributed by atoms with Gasteiger partial charge in [-0.3, -0.25) is 0 Å². The van der Waals surface area contributed by atoms with Crippen molar-refractivity contribution in [2.45, 2.75) is 56.2 Å². The van der Waals surface area contributed by atoms with E-state index in [4.69, 9.17) is 4.74 Å². The molecule has 4 aromatic rings. The molecular formula is C23H25F3N6O2. The normalized spacial score (nSPS) is 21.1. The highest BCUT2D eigenvalue weighted by atomic mass is 19.4. The van der Waals surface area contributed by atoms with Gasteiger partial charge in [-0.1, -0.05) is 5.21 Å². The Morgan fingerprint density at radius 2 is 1.94 bits per heavy atom. The van der Waals surface area contributed by atoms with Gasteiger partial charge in [0.25, 0.3) is 0 Å². The summed E-state index contributed by atoms with van der Waals surface area (Å²) in [6.07, 6.45) is 2.68. The minimum absolute atomic E-state index is 0.0899. The third-order valence-corrected chi connectivity index (χ3v) is 7.04. The lowest BCUT2D eigenvalue weighted by Gasteiger charge is -2.34. The summed E-state index contributed by atoms with van der Waals surface area (Å²) in [6, 6.07) is 4.50. The van der Waals surface area contributed by atoms with Gasteiger partial charge in [-0.15, -0.1) is 5.10 Å². The van der Waals surface area contributed by atoms with Gasteiger partial charge >= 0.3 is 6.18 Å². The molecule has 1 fully saturated rings. The molecule has 34 heavy (non-hydrogen) atoms. The molecule has 1 atom stereocenters. The third kappa shape index (κ3) is 3.87. The van der Waals surface area contributed by atoms with E-state index in [2.05, 4.69) is 25.3 Å². The number of aromatic nitrogens is 6. The van der Waals surface area contributed by atoms with E-state index in [0.29, 0.717) is 0 Å². The van der Waals surface area contributed by atoms with E-state index in [0.717, 1.165) is 54.1 Å². The number of alkyl halides is 3. The van der Waals surface area contributed by atoms with Crippen LogP contribution in [0.3, 0.4) is 0 Å². The number of aliphatic hydroxyl groups is 1. The molecule has 11 heteroatoms. The number of H-pyrrole nitrogens is 1. The molecule has 4 aromatic heterocycles. The Morgan fingerprint density at radius 1 is 1.15 bits per heavy atom. The zero-order chi connectivity index (χ0) is 23.9. The van der Waals surface area contributed by atoms with E-state index < -0.39 is 18.2 Å². The van der Waals surface area contributed by atoms with Gasteiger partial charge < -0.3 is 14.8 Å². The molecule has 0 aromatic carbocycles. The van der Waals surface area contributed by atoms with E-state index in [-0.39, 0.29) is 29.7 Å². The lowest BCUT2D eigenvalue weighted by atomic mass is 9.76. The summed E-state index contributed by atoms with van der Waals surface area (Å²) in [7, 11) is 1.38. The molecule has 0 saturated heterocycles. The number of halogens is 3. The first-order valence-corrected chi connectivity index (χ1v) is 11.3. The van der Waals surface area contributed by atoms with Crippen LogP contribution in [-0.2, 0) is 5.60 Å². The van der Waals surface area contributed by atoms with Crippen LogP contribution in [0, 0.1) is 5.92 Å². The number of nitrogens with zero attached hydrogens (tertiary/aromatic N) is 5. The molecule has 1 unspecified atom stereocenters. The van der Waals surface area contributed by atoms with Gasteiger partial charge in [0.2, 0.25) is 5.88 Å². The fourth-order valence-corrected chi connectivity index (χ4v) is 5.03. The summed E-state index contributed by atoms with van der Waals surface area (Å²) < 4.78 is 48.3. The summed E-state index contributed by atoms with van der Waals surface area (Å²) in [4.78, 5) is 11.3. The largest absolute Gasteiger partial charge is 0.481 e. The topological polar surface area (TPSA) is 101 Å². The maximum atomic E-state index is 13.9. The SMILES string of the molecule is COc1ccc(C(O)(CCC2CCC(c3nnn4cnc5[nH]ccc5c34)CC2)C(F)(F)F)cn1. The number of ether oxygens (including phenoxy) is 1. The van der Waals surface area contributed by atoms with E-state index in [1.54, 1.807) is 10.8 Å². The van der Waals surface area contributed by atoms with E-state index in [9.17, 15) is 18.3 Å². The molecule has 0 spiro atoms. The van der Waals surface area contributed by atoms with Crippen molar-refractivity contribution >= 4 is 16.6 Å². The monoisotopic (exact) mass is 474 g/mol. The van der Waals surface area contributed by atoms with Crippen LogP contribution in [0.25, 0.3) is 16.6 Å². The Bertz CT molecular complexity index is 1280. The van der Waals surface area contributed by atoms with Crippen LogP contribution in [0.1, 0.15) is 55.7 Å². The van der Waals surface area contributed by atoms with E-state index in [1.807, 2.05) is 12.3 Å². The van der Waals surface area contributed by atoms with Crippen LogP contribution < -0.4 is 4.74 Å². The van der Waals surface area contributed by atoms with Crippen molar-refractivity contribution in [3.05, 3.63) is 48.2 Å². The number of pyridine rings is 1. The number of nitrogens with one attached hydrogen (secondary N) is 1. The van der Waals surface area contributed by atoms with Crippen molar-refractivity contribution in [2.24, 2.45) is 5.92 Å². The van der Waals surface area contributed by atoms with Crippen LogP contribution in [0.2, 0.25) is 0 Å². The second-order valence-electron chi connectivity index (χ2n) is 8.96. The molecule has 1 aliphatic carbocycles. The fraction of sp³-hybridized carbons (Fsp3) is 0.478. The predicted octanol–water partition coefficient (Wildman–Crippen LogP) is 4.51. The smallest absolute Gasteiger partial charge is 0.421 e. The molecule has 0 amide bonds. The van der Waals surface area contributed by atoms with Gasteiger partial charge in [-0.05, 0) is 56.6 Å². The van der Waals surface area contributed by atoms with Crippen molar-refractivity contribution in [3.8, 4) is 5.88 Å². The second-order valence-corrected chi connectivity index (χ2v) is 8.96. The second kappa shape index (κ2) is 8.53. The van der Waals surface area contributed by atoms with Crippen LogP contribution in [-0.4, -0.2) is 48.2 Å². The Morgan fingerprint density at radius 3 is 2.62 bits per heavy atom. The Kier molecular flexibility index (Phi) is 5.67. The van der Waals surface area contributed by atoms with Gasteiger partial charge in [-0.2, -0.15) is 13.2 Å². The standard InChI is InChI=1S/C23H25F3N6O2/c1-34-18-7-6-16(12-28-18)22(33,23(24,25)26)10-8-14-2-4-15(5-3-14)19-20-17-9-11-27-21(17)29-13-32(20)31-30-19/h6-7,9,11-15,27,33H,2-5,8,10H2,1H3. The van der Waals surface area contributed by atoms with Crippen LogP contribution in [0.15, 0.2) is 36.9 Å². The summed E-state index contributed by atoms with van der Waals surface area (Å²) in [5.74, 6) is 0.467. The minimum Gasteiger partial charge on any atom is -0.481 e. The number of fused-ring (bicyclic) bond motifs is 3. The first kappa shape index (κ1) is 22.6. The lowest BCUT2D eigenvalue weighted by molar-refractivity contribution is -0.270. The molecule has 0 radical (unpaired) electrons. The fourth-order valence-electron chi connectivity index (χ4n) is 5.03. The molecule has 4 heterocycles. The first-order valence-electron chi connectivity index (χ1n) is 11.3. The molecule has 0 bridgehead atoms. The molecule has 1 saturated carbocycles. The van der Waals surface area contributed by atoms with Crippen molar-refractivity contribution in [1.82, 2.24) is 29.8 Å². The minimum atomic E-state index is -4.81. The van der Waals surface area contributed by atoms with Crippen LogP contribution >= 0.6 is 0 Å². The Hall–Kier alpha value is -3.21. The highest BCUT2D eigenvalue weighted by molar-refractivity contribution is 5.92. The Balaban J connectivity index is 1.28. The van der Waals surface area contributed by atoms with Gasteiger partial charge in [0.05, 0.1) is 12.8 Å². The van der Waals surface area contributed by atoms with Crippen molar-refractivity contribution < 1.29 is 23.0 Å². The maximum absolute atomic E-state index is 13.9. The number of hydrogen-bond donors (Lipinski definition) is 2. The highest BCUT2D eigenvalue weighted by Crippen LogP contribution is 2.45. The molecule has 5 rings (SSSR count). The average molecular weight is 474 g/mol. The first-order chi connectivity index (χ1) is 16.3. The van der Waals surface area contributed by atoms with Gasteiger partial charge in [0.1, 0.15) is 17.5 Å². The summed E-state index contributed by atoms with van der Waals surface area (Å²) >= 11 is 0. The van der Waals surface area contributed by atoms with E-state index in [1.165, 1.54) is 19.2 Å². The summed E-state index contributed by atoms with van der Waals surface area (Å²) in [6.45, 7) is 0. The van der Waals surface area contributed by atoms with Crippen molar-refractivity contribution in [2.75, 3.05) is 7.11 Å². The van der Waals surface area contributed by atoms with Crippen molar-refractivity contribution in [1.29, 1.82) is 0 Å².